The van der Waals surface area contributed by atoms with Gasteiger partial charge in [0.15, 0.2) is 0 Å². The number of rotatable bonds is 5. The second-order valence-electron chi connectivity index (χ2n) is 5.68. The highest BCUT2D eigenvalue weighted by Crippen LogP contribution is 2.25. The van der Waals surface area contributed by atoms with Gasteiger partial charge in [-0.1, -0.05) is 20.8 Å². The lowest BCUT2D eigenvalue weighted by Crippen LogP contribution is -2.17. The van der Waals surface area contributed by atoms with E-state index in [1.165, 1.54) is 10.6 Å². The zero-order valence-electron chi connectivity index (χ0n) is 11.8. The molecule has 0 saturated carbocycles. The van der Waals surface area contributed by atoms with Gasteiger partial charge in [0.25, 0.3) is 0 Å². The van der Waals surface area contributed by atoms with E-state index in [4.69, 9.17) is 0 Å². The number of aromatic nitrogens is 2. The lowest BCUT2D eigenvalue weighted by molar-refractivity contribution is 0.579. The standard InChI is InChI=1S/C15H21N3S/c1-15(2,3)14-18-13(11-19-14)10-17-9-6-12-4-7-16-8-5-12/h4-5,7-8,11,17H,6,9-10H2,1-3H3. The van der Waals surface area contributed by atoms with Crippen LogP contribution in [0.5, 0.6) is 0 Å². The molecule has 0 aromatic carbocycles. The minimum Gasteiger partial charge on any atom is -0.311 e. The van der Waals surface area contributed by atoms with Crippen LogP contribution in [0, 0.1) is 0 Å². The maximum atomic E-state index is 4.67. The van der Waals surface area contributed by atoms with Crippen molar-refractivity contribution in [1.29, 1.82) is 0 Å². The third-order valence-corrected chi connectivity index (χ3v) is 4.16. The van der Waals surface area contributed by atoms with Gasteiger partial charge < -0.3 is 5.32 Å². The van der Waals surface area contributed by atoms with Crippen LogP contribution in [-0.4, -0.2) is 16.5 Å². The van der Waals surface area contributed by atoms with Gasteiger partial charge in [-0.15, -0.1) is 11.3 Å². The summed E-state index contributed by atoms with van der Waals surface area (Å²) in [4.78, 5) is 8.69. The third kappa shape index (κ3) is 4.40. The predicted molar refractivity (Wildman–Crippen MR) is 80.5 cm³/mol. The van der Waals surface area contributed by atoms with Crippen molar-refractivity contribution in [2.45, 2.75) is 39.2 Å². The van der Waals surface area contributed by atoms with Crippen LogP contribution in [0.2, 0.25) is 0 Å². The summed E-state index contributed by atoms with van der Waals surface area (Å²) in [6.07, 6.45) is 4.70. The Morgan fingerprint density at radius 3 is 2.58 bits per heavy atom. The van der Waals surface area contributed by atoms with Gasteiger partial charge >= 0.3 is 0 Å². The van der Waals surface area contributed by atoms with Gasteiger partial charge in [0, 0.05) is 29.7 Å². The molecular formula is C15H21N3S. The summed E-state index contributed by atoms with van der Waals surface area (Å²) >= 11 is 1.75. The Morgan fingerprint density at radius 1 is 1.21 bits per heavy atom. The second kappa shape index (κ2) is 6.26. The van der Waals surface area contributed by atoms with Crippen LogP contribution in [-0.2, 0) is 18.4 Å². The lowest BCUT2D eigenvalue weighted by atomic mass is 9.98. The van der Waals surface area contributed by atoms with Crippen molar-refractivity contribution < 1.29 is 0 Å². The van der Waals surface area contributed by atoms with Crippen LogP contribution in [0.25, 0.3) is 0 Å². The minimum atomic E-state index is 0.153. The summed E-state index contributed by atoms with van der Waals surface area (Å²) in [6, 6.07) is 4.12. The fraction of sp³-hybridized carbons (Fsp3) is 0.467. The first-order valence-corrected chi connectivity index (χ1v) is 7.48. The fourth-order valence-corrected chi connectivity index (χ4v) is 2.64. The van der Waals surface area contributed by atoms with E-state index in [1.54, 1.807) is 11.3 Å². The third-order valence-electron chi connectivity index (χ3n) is 2.84. The van der Waals surface area contributed by atoms with Crippen LogP contribution >= 0.6 is 11.3 Å². The zero-order chi connectivity index (χ0) is 13.7. The van der Waals surface area contributed by atoms with Crippen LogP contribution in [0.1, 0.15) is 37.0 Å². The molecule has 102 valence electrons. The summed E-state index contributed by atoms with van der Waals surface area (Å²) < 4.78 is 0. The van der Waals surface area contributed by atoms with E-state index >= 15 is 0 Å². The van der Waals surface area contributed by atoms with Gasteiger partial charge in [-0.25, -0.2) is 4.98 Å². The molecule has 0 aliphatic rings. The average molecular weight is 275 g/mol. The summed E-state index contributed by atoms with van der Waals surface area (Å²) in [6.45, 7) is 8.41. The molecule has 0 atom stereocenters. The molecule has 0 saturated heterocycles. The molecule has 2 aromatic rings. The average Bonchev–Trinajstić information content (AvgIpc) is 2.85. The highest BCUT2D eigenvalue weighted by molar-refractivity contribution is 7.09. The van der Waals surface area contributed by atoms with E-state index in [-0.39, 0.29) is 5.41 Å². The highest BCUT2D eigenvalue weighted by atomic mass is 32.1. The van der Waals surface area contributed by atoms with Gasteiger partial charge in [0.1, 0.15) is 0 Å². The molecule has 0 unspecified atom stereocenters. The number of pyridine rings is 1. The monoisotopic (exact) mass is 275 g/mol. The smallest absolute Gasteiger partial charge is 0.0982 e. The molecule has 1 N–H and O–H groups in total. The van der Waals surface area contributed by atoms with Gasteiger partial charge in [0.05, 0.1) is 10.7 Å². The molecule has 2 rings (SSSR count). The number of thiazole rings is 1. The largest absolute Gasteiger partial charge is 0.311 e. The van der Waals surface area contributed by atoms with Crippen LogP contribution < -0.4 is 5.32 Å². The van der Waals surface area contributed by atoms with E-state index in [9.17, 15) is 0 Å². The molecule has 2 heterocycles. The number of hydrogen-bond acceptors (Lipinski definition) is 4. The van der Waals surface area contributed by atoms with Crippen molar-refractivity contribution in [3.8, 4) is 0 Å². The fourth-order valence-electron chi connectivity index (χ4n) is 1.73. The first kappa shape index (κ1) is 14.2. The first-order chi connectivity index (χ1) is 9.05. The van der Waals surface area contributed by atoms with E-state index in [0.717, 1.165) is 25.2 Å². The maximum absolute atomic E-state index is 4.67. The number of nitrogens with one attached hydrogen (secondary N) is 1. The lowest BCUT2D eigenvalue weighted by Gasteiger charge is -2.13. The first-order valence-electron chi connectivity index (χ1n) is 6.60. The molecule has 4 heteroatoms. The Bertz CT molecular complexity index is 500. The molecule has 0 fully saturated rings. The van der Waals surface area contributed by atoms with Crippen molar-refractivity contribution in [2.75, 3.05) is 6.54 Å². The zero-order valence-corrected chi connectivity index (χ0v) is 12.6. The summed E-state index contributed by atoms with van der Waals surface area (Å²) in [7, 11) is 0. The number of nitrogens with zero attached hydrogens (tertiary/aromatic N) is 2. The van der Waals surface area contributed by atoms with Crippen molar-refractivity contribution in [2.24, 2.45) is 0 Å². The molecule has 0 spiro atoms. The van der Waals surface area contributed by atoms with E-state index in [0.29, 0.717) is 0 Å². The Hall–Kier alpha value is -1.26. The molecule has 19 heavy (non-hydrogen) atoms. The summed E-state index contributed by atoms with van der Waals surface area (Å²) in [5, 5.41) is 6.80. The number of hydrogen-bond donors (Lipinski definition) is 1. The normalized spacial score (nSPS) is 11.7. The van der Waals surface area contributed by atoms with Crippen molar-refractivity contribution in [3.63, 3.8) is 0 Å². The summed E-state index contributed by atoms with van der Waals surface area (Å²) in [5.41, 5.74) is 2.61. The topological polar surface area (TPSA) is 37.8 Å². The van der Waals surface area contributed by atoms with Crippen LogP contribution in [0.15, 0.2) is 29.9 Å². The molecule has 0 amide bonds. The minimum absolute atomic E-state index is 0.153. The molecule has 0 aliphatic heterocycles. The molecule has 0 bridgehead atoms. The maximum Gasteiger partial charge on any atom is 0.0982 e. The van der Waals surface area contributed by atoms with E-state index in [2.05, 4.69) is 53.6 Å². The van der Waals surface area contributed by atoms with Crippen molar-refractivity contribution in [3.05, 3.63) is 46.2 Å². The Labute approximate surface area is 119 Å². The molecule has 3 nitrogen and oxygen atoms in total. The Balaban J connectivity index is 1.76. The molecular weight excluding hydrogens is 254 g/mol. The Kier molecular flexibility index (Phi) is 4.66. The van der Waals surface area contributed by atoms with Crippen molar-refractivity contribution >= 4 is 11.3 Å². The highest BCUT2D eigenvalue weighted by Gasteiger charge is 2.17. The molecule has 0 aliphatic carbocycles. The van der Waals surface area contributed by atoms with E-state index < -0.39 is 0 Å². The second-order valence-corrected chi connectivity index (χ2v) is 6.53. The summed E-state index contributed by atoms with van der Waals surface area (Å²) in [5.74, 6) is 0. The van der Waals surface area contributed by atoms with Gasteiger partial charge in [-0.05, 0) is 30.7 Å². The quantitative estimate of drug-likeness (QED) is 0.852. The van der Waals surface area contributed by atoms with Gasteiger partial charge in [-0.2, -0.15) is 0 Å². The van der Waals surface area contributed by atoms with E-state index in [1.807, 2.05) is 12.4 Å². The SMILES string of the molecule is CC(C)(C)c1nc(CNCCc2ccncc2)cs1. The Morgan fingerprint density at radius 2 is 1.95 bits per heavy atom. The molecule has 2 aromatic heterocycles. The van der Waals surface area contributed by atoms with Crippen LogP contribution in [0.3, 0.4) is 0 Å². The van der Waals surface area contributed by atoms with Gasteiger partial charge in [0.2, 0.25) is 0 Å². The predicted octanol–water partition coefficient (Wildman–Crippen LogP) is 3.17. The molecule has 0 radical (unpaired) electrons. The van der Waals surface area contributed by atoms with Crippen molar-refractivity contribution in [1.82, 2.24) is 15.3 Å². The van der Waals surface area contributed by atoms with Gasteiger partial charge in [-0.3, -0.25) is 4.98 Å². The van der Waals surface area contributed by atoms with Crippen LogP contribution in [0.4, 0.5) is 0 Å².